The lowest BCUT2D eigenvalue weighted by atomic mass is 9.87. The van der Waals surface area contributed by atoms with Crippen LogP contribution in [0.4, 0.5) is 0 Å². The number of fused-ring (bicyclic) bond motifs is 3. The molecule has 2 aromatic carbocycles. The van der Waals surface area contributed by atoms with Gasteiger partial charge in [0.05, 0.1) is 0 Å². The molecular weight excluding hydrogens is 300 g/mol. The van der Waals surface area contributed by atoms with Crippen molar-refractivity contribution in [3.05, 3.63) is 65.2 Å². The van der Waals surface area contributed by atoms with Crippen LogP contribution in [0.1, 0.15) is 40.4 Å². The van der Waals surface area contributed by atoms with E-state index in [0.717, 1.165) is 42.1 Å². The molecule has 0 aliphatic carbocycles. The second kappa shape index (κ2) is 6.29. The monoisotopic (exact) mass is 322 g/mol. The van der Waals surface area contributed by atoms with Crippen molar-refractivity contribution >= 4 is 5.91 Å². The highest BCUT2D eigenvalue weighted by Crippen LogP contribution is 2.35. The predicted molar refractivity (Wildman–Crippen MR) is 93.4 cm³/mol. The lowest BCUT2D eigenvalue weighted by Gasteiger charge is -2.19. The summed E-state index contributed by atoms with van der Waals surface area (Å²) in [5.74, 6) is 1.63. The van der Waals surface area contributed by atoms with Gasteiger partial charge in [-0.3, -0.25) is 4.79 Å². The van der Waals surface area contributed by atoms with Crippen LogP contribution in [0.3, 0.4) is 0 Å². The summed E-state index contributed by atoms with van der Waals surface area (Å²) in [5.41, 5.74) is 3.01. The summed E-state index contributed by atoms with van der Waals surface area (Å²) in [6, 6.07) is 16.1. The molecule has 1 saturated heterocycles. The van der Waals surface area contributed by atoms with Crippen LogP contribution in [0.5, 0.6) is 5.75 Å². The molecule has 0 spiro atoms. The summed E-state index contributed by atoms with van der Waals surface area (Å²) >= 11 is 0. The fourth-order valence-electron chi connectivity index (χ4n) is 3.76. The molecule has 4 nitrogen and oxygen atoms in total. The molecule has 4 rings (SSSR count). The number of amides is 1. The number of nitrogens with one attached hydrogen (secondary N) is 2. The normalized spacial score (nSPS) is 23.6. The molecule has 2 aliphatic rings. The third-order valence-corrected chi connectivity index (χ3v) is 5.12. The van der Waals surface area contributed by atoms with E-state index in [1.165, 1.54) is 0 Å². The van der Waals surface area contributed by atoms with Crippen LogP contribution in [0.15, 0.2) is 48.5 Å². The number of ether oxygens (including phenoxy) is 1. The van der Waals surface area contributed by atoms with E-state index in [-0.39, 0.29) is 12.0 Å². The summed E-state index contributed by atoms with van der Waals surface area (Å²) in [6.07, 6.45) is -0.0565. The van der Waals surface area contributed by atoms with E-state index in [1.807, 2.05) is 37.3 Å². The van der Waals surface area contributed by atoms with E-state index in [4.69, 9.17) is 4.74 Å². The molecule has 1 fully saturated rings. The minimum atomic E-state index is -0.0565. The van der Waals surface area contributed by atoms with Crippen molar-refractivity contribution in [2.24, 2.45) is 5.92 Å². The van der Waals surface area contributed by atoms with Crippen molar-refractivity contribution in [1.82, 2.24) is 10.6 Å². The molecule has 3 atom stereocenters. The van der Waals surface area contributed by atoms with Crippen LogP contribution in [-0.2, 0) is 0 Å². The first-order valence-electron chi connectivity index (χ1n) is 8.57. The fraction of sp³-hybridized carbons (Fsp3) is 0.350. The van der Waals surface area contributed by atoms with Gasteiger partial charge in [0, 0.05) is 31.1 Å². The van der Waals surface area contributed by atoms with Crippen molar-refractivity contribution in [3.8, 4) is 5.75 Å². The number of carbonyl (C=O) groups is 1. The first-order chi connectivity index (χ1) is 11.7. The zero-order chi connectivity index (χ0) is 16.5. The van der Waals surface area contributed by atoms with Crippen molar-refractivity contribution in [3.63, 3.8) is 0 Å². The van der Waals surface area contributed by atoms with E-state index in [1.54, 1.807) is 0 Å². The largest absolute Gasteiger partial charge is 0.486 e. The number of hydrogen-bond donors (Lipinski definition) is 2. The van der Waals surface area contributed by atoms with Gasteiger partial charge in [-0.25, -0.2) is 0 Å². The van der Waals surface area contributed by atoms with Gasteiger partial charge < -0.3 is 15.4 Å². The number of carbonyl (C=O) groups excluding carboxylic acids is 1. The molecule has 0 bridgehead atoms. The smallest absolute Gasteiger partial charge is 0.251 e. The topological polar surface area (TPSA) is 50.4 Å². The molecule has 124 valence electrons. The van der Waals surface area contributed by atoms with E-state index in [2.05, 4.69) is 28.8 Å². The molecule has 0 radical (unpaired) electrons. The fourth-order valence-corrected chi connectivity index (χ4v) is 3.76. The van der Waals surface area contributed by atoms with Gasteiger partial charge in [0.1, 0.15) is 11.9 Å². The SMILES string of the molecule is C[C@@H](Oc1ccc2c(c1)C(=O)NC[C@@H]1CNC[C@@H]21)c1ccccc1. The van der Waals surface area contributed by atoms with Gasteiger partial charge in [-0.15, -0.1) is 0 Å². The molecule has 2 aromatic rings. The quantitative estimate of drug-likeness (QED) is 0.913. The third-order valence-electron chi connectivity index (χ3n) is 5.12. The van der Waals surface area contributed by atoms with Crippen molar-refractivity contribution in [2.45, 2.75) is 18.9 Å². The second-order valence-electron chi connectivity index (χ2n) is 6.65. The maximum absolute atomic E-state index is 12.5. The van der Waals surface area contributed by atoms with Crippen molar-refractivity contribution in [2.75, 3.05) is 19.6 Å². The predicted octanol–water partition coefficient (Wildman–Crippen LogP) is 2.87. The molecule has 24 heavy (non-hydrogen) atoms. The Morgan fingerprint density at radius 3 is 2.75 bits per heavy atom. The van der Waals surface area contributed by atoms with Crippen LogP contribution in [0.25, 0.3) is 0 Å². The average molecular weight is 322 g/mol. The molecular formula is C20H22N2O2. The summed E-state index contributed by atoms with van der Waals surface area (Å²) in [6.45, 7) is 4.67. The maximum Gasteiger partial charge on any atom is 0.251 e. The number of benzene rings is 2. The number of hydrogen-bond acceptors (Lipinski definition) is 3. The van der Waals surface area contributed by atoms with Crippen LogP contribution >= 0.6 is 0 Å². The van der Waals surface area contributed by atoms with Gasteiger partial charge in [0.2, 0.25) is 0 Å². The molecule has 0 unspecified atom stereocenters. The van der Waals surface area contributed by atoms with E-state index < -0.39 is 0 Å². The van der Waals surface area contributed by atoms with E-state index >= 15 is 0 Å². The third kappa shape index (κ3) is 2.78. The summed E-state index contributed by atoms with van der Waals surface area (Å²) < 4.78 is 6.07. The molecule has 4 heteroatoms. The molecule has 2 N–H and O–H groups in total. The number of rotatable bonds is 3. The minimum absolute atomic E-state index is 0.0113. The Hall–Kier alpha value is -2.33. The van der Waals surface area contributed by atoms with Gasteiger partial charge in [0.25, 0.3) is 5.91 Å². The van der Waals surface area contributed by atoms with Gasteiger partial charge in [0.15, 0.2) is 0 Å². The van der Waals surface area contributed by atoms with Crippen LogP contribution in [-0.4, -0.2) is 25.5 Å². The van der Waals surface area contributed by atoms with Crippen molar-refractivity contribution < 1.29 is 9.53 Å². The van der Waals surface area contributed by atoms with E-state index in [9.17, 15) is 4.79 Å². The average Bonchev–Trinajstić information content (AvgIpc) is 3.04. The van der Waals surface area contributed by atoms with E-state index in [0.29, 0.717) is 11.8 Å². The molecule has 0 aromatic heterocycles. The highest BCUT2D eigenvalue weighted by atomic mass is 16.5. The Labute approximate surface area is 142 Å². The lowest BCUT2D eigenvalue weighted by Crippen LogP contribution is -2.28. The maximum atomic E-state index is 12.5. The van der Waals surface area contributed by atoms with Gasteiger partial charge >= 0.3 is 0 Å². The zero-order valence-electron chi connectivity index (χ0n) is 13.8. The highest BCUT2D eigenvalue weighted by molar-refractivity contribution is 5.96. The van der Waals surface area contributed by atoms with Crippen LogP contribution in [0.2, 0.25) is 0 Å². The Bertz CT molecular complexity index is 745. The molecule has 0 saturated carbocycles. The standard InChI is InChI=1S/C20H22N2O2/c1-13(14-5-3-2-4-6-14)24-16-7-8-17-18(9-16)20(23)22-11-15-10-21-12-19(15)17/h2-9,13,15,19,21H,10-12H2,1H3,(H,22,23)/t13-,15+,19-/m1/s1. The molecule has 2 aliphatic heterocycles. The Kier molecular flexibility index (Phi) is 3.98. The Morgan fingerprint density at radius 2 is 1.92 bits per heavy atom. The first kappa shape index (κ1) is 15.2. The van der Waals surface area contributed by atoms with Crippen LogP contribution < -0.4 is 15.4 Å². The highest BCUT2D eigenvalue weighted by Gasteiger charge is 2.34. The summed E-state index contributed by atoms with van der Waals surface area (Å²) in [4.78, 5) is 12.5. The Balaban J connectivity index is 1.62. The summed E-state index contributed by atoms with van der Waals surface area (Å²) in [5, 5.41) is 6.48. The first-order valence-corrected chi connectivity index (χ1v) is 8.57. The van der Waals surface area contributed by atoms with Gasteiger partial charge in [-0.1, -0.05) is 36.4 Å². The van der Waals surface area contributed by atoms with Gasteiger partial charge in [-0.05, 0) is 36.1 Å². The Morgan fingerprint density at radius 1 is 1.08 bits per heavy atom. The van der Waals surface area contributed by atoms with Crippen LogP contribution in [0, 0.1) is 5.92 Å². The lowest BCUT2D eigenvalue weighted by molar-refractivity contribution is 0.0951. The second-order valence-corrected chi connectivity index (χ2v) is 6.65. The molecule has 1 amide bonds. The van der Waals surface area contributed by atoms with Crippen molar-refractivity contribution in [1.29, 1.82) is 0 Å². The zero-order valence-corrected chi connectivity index (χ0v) is 13.8. The summed E-state index contributed by atoms with van der Waals surface area (Å²) in [7, 11) is 0. The van der Waals surface area contributed by atoms with Gasteiger partial charge in [-0.2, -0.15) is 0 Å². The minimum Gasteiger partial charge on any atom is -0.486 e. The molecule has 2 heterocycles.